The van der Waals surface area contributed by atoms with Crippen molar-refractivity contribution in [2.75, 3.05) is 5.73 Å². The van der Waals surface area contributed by atoms with Crippen LogP contribution >= 0.6 is 0 Å². The Morgan fingerprint density at radius 1 is 1.26 bits per heavy atom. The molecular weight excluding hydrogens is 388 g/mol. The van der Waals surface area contributed by atoms with Crippen LogP contribution < -0.4 is 5.73 Å². The van der Waals surface area contributed by atoms with E-state index in [2.05, 4.69) is 41.3 Å². The van der Waals surface area contributed by atoms with Crippen LogP contribution in [-0.2, 0) is 7.05 Å². The van der Waals surface area contributed by atoms with Crippen molar-refractivity contribution in [2.45, 2.75) is 38.7 Å². The highest BCUT2D eigenvalue weighted by Crippen LogP contribution is 2.32. The monoisotopic (exact) mass is 416 g/mol. The highest BCUT2D eigenvalue weighted by molar-refractivity contribution is 5.87. The first-order valence-electron chi connectivity index (χ1n) is 10.6. The van der Waals surface area contributed by atoms with E-state index in [1.54, 1.807) is 12.3 Å². The molecule has 3 aromatic heterocycles. The number of nitrogens with two attached hydrogens (primary N) is 1. The summed E-state index contributed by atoms with van der Waals surface area (Å²) < 4.78 is 7.55. The van der Waals surface area contributed by atoms with Gasteiger partial charge in [-0.2, -0.15) is 5.10 Å². The molecule has 3 aromatic rings. The Labute approximate surface area is 182 Å². The molecule has 2 aliphatic rings. The molecule has 0 aliphatic heterocycles. The number of furan rings is 1. The number of aromatic nitrogens is 3. The fourth-order valence-electron chi connectivity index (χ4n) is 3.72. The lowest BCUT2D eigenvalue weighted by atomic mass is 9.96. The summed E-state index contributed by atoms with van der Waals surface area (Å²) in [6, 6.07) is 5.66. The van der Waals surface area contributed by atoms with Gasteiger partial charge < -0.3 is 15.3 Å². The normalized spacial score (nSPS) is 18.5. The number of nitrogens with zero attached hydrogens (tertiary/aromatic N) is 3. The fraction of sp³-hybridized carbons (Fsp3) is 0.280. The maximum atomic E-state index is 9.61. The maximum absolute atomic E-state index is 9.61. The molecule has 0 aromatic carbocycles. The summed E-state index contributed by atoms with van der Waals surface area (Å²) in [5.41, 5.74) is 12.5. The number of aryl methyl sites for hydroxylation is 1. The lowest BCUT2D eigenvalue weighted by Crippen LogP contribution is -2.07. The van der Waals surface area contributed by atoms with E-state index in [9.17, 15) is 5.11 Å². The summed E-state index contributed by atoms with van der Waals surface area (Å²) in [6.45, 7) is 2.12. The number of allylic oxidation sites excluding steroid dienone is 7. The van der Waals surface area contributed by atoms with E-state index in [1.807, 2.05) is 36.1 Å². The standard InChI is InChI=1S/C13H14N2O2.C12H14N2/c14-10-4-5-15-11-7-12(17-13(10)11)8-2-1-3-9(16)6-8;1-10-4-3-5-11(7-6-10)12-8-9-14(2)13-12/h4-7,9,16H,1-3H2,(H2,14,15);3-6,8-9H,7H2,1-2H3. The second-order valence-electron chi connectivity index (χ2n) is 7.95. The van der Waals surface area contributed by atoms with E-state index < -0.39 is 0 Å². The van der Waals surface area contributed by atoms with Crippen LogP contribution in [0.3, 0.4) is 0 Å². The molecule has 6 heteroatoms. The third-order valence-corrected chi connectivity index (χ3v) is 5.44. The number of aliphatic hydroxyl groups excluding tert-OH is 1. The molecule has 31 heavy (non-hydrogen) atoms. The summed E-state index contributed by atoms with van der Waals surface area (Å²) in [6.07, 6.45) is 17.4. The van der Waals surface area contributed by atoms with Crippen molar-refractivity contribution < 1.29 is 9.52 Å². The molecule has 0 saturated heterocycles. The summed E-state index contributed by atoms with van der Waals surface area (Å²) in [4.78, 5) is 4.21. The van der Waals surface area contributed by atoms with E-state index in [1.165, 1.54) is 11.1 Å². The van der Waals surface area contributed by atoms with Crippen LogP contribution in [0.2, 0.25) is 0 Å². The zero-order chi connectivity index (χ0) is 21.8. The Bertz CT molecular complexity index is 1190. The summed E-state index contributed by atoms with van der Waals surface area (Å²) in [5, 5.41) is 14.0. The van der Waals surface area contributed by atoms with Crippen molar-refractivity contribution in [3.8, 4) is 0 Å². The van der Waals surface area contributed by atoms with Gasteiger partial charge in [-0.25, -0.2) is 0 Å². The first kappa shape index (κ1) is 20.9. The summed E-state index contributed by atoms with van der Waals surface area (Å²) in [7, 11) is 1.94. The quantitative estimate of drug-likeness (QED) is 0.610. The minimum absolute atomic E-state index is 0.364. The number of hydrogen-bond acceptors (Lipinski definition) is 5. The van der Waals surface area contributed by atoms with Crippen LogP contribution in [0.15, 0.2) is 71.0 Å². The van der Waals surface area contributed by atoms with Crippen molar-refractivity contribution in [3.63, 3.8) is 0 Å². The number of anilines is 1. The molecule has 0 spiro atoms. The second-order valence-corrected chi connectivity index (χ2v) is 7.95. The number of fused-ring (bicyclic) bond motifs is 1. The van der Waals surface area contributed by atoms with E-state index in [0.717, 1.165) is 48.2 Å². The van der Waals surface area contributed by atoms with E-state index >= 15 is 0 Å². The van der Waals surface area contributed by atoms with E-state index in [-0.39, 0.29) is 6.10 Å². The maximum Gasteiger partial charge on any atom is 0.176 e. The van der Waals surface area contributed by atoms with Crippen molar-refractivity contribution in [3.05, 3.63) is 78.0 Å². The molecule has 1 atom stereocenters. The van der Waals surface area contributed by atoms with Gasteiger partial charge in [-0.15, -0.1) is 0 Å². The molecule has 2 aliphatic carbocycles. The first-order chi connectivity index (χ1) is 15.0. The van der Waals surface area contributed by atoms with Gasteiger partial charge in [-0.05, 0) is 62.0 Å². The average Bonchev–Trinajstić information content (AvgIpc) is 3.32. The van der Waals surface area contributed by atoms with Gasteiger partial charge in [0.25, 0.3) is 0 Å². The zero-order valence-corrected chi connectivity index (χ0v) is 18.0. The lowest BCUT2D eigenvalue weighted by molar-refractivity contribution is 0.205. The van der Waals surface area contributed by atoms with Crippen molar-refractivity contribution in [1.82, 2.24) is 14.8 Å². The molecule has 1 unspecified atom stereocenters. The van der Waals surface area contributed by atoms with E-state index in [4.69, 9.17) is 10.2 Å². The predicted molar refractivity (Wildman–Crippen MR) is 125 cm³/mol. The molecule has 5 rings (SSSR count). The molecule has 0 saturated carbocycles. The van der Waals surface area contributed by atoms with Crippen LogP contribution in [-0.4, -0.2) is 26.0 Å². The average molecular weight is 417 g/mol. The highest BCUT2D eigenvalue weighted by Gasteiger charge is 2.16. The molecular formula is C25H28N4O2. The predicted octanol–water partition coefficient (Wildman–Crippen LogP) is 5.05. The number of hydrogen-bond donors (Lipinski definition) is 2. The number of nitrogen functional groups attached to an aromatic ring is 1. The van der Waals surface area contributed by atoms with Gasteiger partial charge in [0.15, 0.2) is 5.58 Å². The fourth-order valence-corrected chi connectivity index (χ4v) is 3.72. The minimum atomic E-state index is -0.364. The van der Waals surface area contributed by atoms with Crippen LogP contribution in [0, 0.1) is 0 Å². The van der Waals surface area contributed by atoms with Gasteiger partial charge in [0.2, 0.25) is 0 Å². The van der Waals surface area contributed by atoms with Crippen LogP contribution in [0.25, 0.3) is 22.2 Å². The molecule has 0 radical (unpaired) electrons. The first-order valence-corrected chi connectivity index (χ1v) is 10.6. The Kier molecular flexibility index (Phi) is 6.18. The smallest absolute Gasteiger partial charge is 0.176 e. The van der Waals surface area contributed by atoms with Gasteiger partial charge in [0.1, 0.15) is 11.3 Å². The number of rotatable bonds is 2. The molecule has 0 amide bonds. The zero-order valence-electron chi connectivity index (χ0n) is 18.0. The second kappa shape index (κ2) is 9.18. The third-order valence-electron chi connectivity index (χ3n) is 5.44. The Balaban J connectivity index is 0.000000152. The van der Waals surface area contributed by atoms with Crippen molar-refractivity contribution >= 4 is 27.9 Å². The molecule has 3 N–H and O–H groups in total. The molecule has 3 heterocycles. The Hall–Kier alpha value is -3.38. The van der Waals surface area contributed by atoms with Gasteiger partial charge >= 0.3 is 0 Å². The summed E-state index contributed by atoms with van der Waals surface area (Å²) in [5.74, 6) is 0.768. The van der Waals surface area contributed by atoms with E-state index in [0.29, 0.717) is 11.3 Å². The Morgan fingerprint density at radius 2 is 2.13 bits per heavy atom. The Morgan fingerprint density at radius 3 is 2.87 bits per heavy atom. The van der Waals surface area contributed by atoms with Gasteiger partial charge in [-0.1, -0.05) is 29.9 Å². The third kappa shape index (κ3) is 5.03. The molecule has 160 valence electrons. The largest absolute Gasteiger partial charge is 0.453 e. The van der Waals surface area contributed by atoms with Gasteiger partial charge in [0.05, 0.1) is 17.5 Å². The lowest BCUT2D eigenvalue weighted by Gasteiger charge is -2.14. The SMILES string of the molecule is CC1=CCC(c2ccn(C)n2)=CC=C1.Nc1ccnc2cc(C3=CC(O)CCC3)oc12. The molecule has 0 bridgehead atoms. The van der Waals surface area contributed by atoms with Crippen LogP contribution in [0.1, 0.15) is 44.1 Å². The minimum Gasteiger partial charge on any atom is -0.453 e. The number of pyridine rings is 1. The number of aliphatic hydroxyl groups is 1. The topological polar surface area (TPSA) is 90.1 Å². The van der Waals surface area contributed by atoms with Crippen molar-refractivity contribution in [1.29, 1.82) is 0 Å². The van der Waals surface area contributed by atoms with Crippen molar-refractivity contribution in [2.24, 2.45) is 7.05 Å². The summed E-state index contributed by atoms with van der Waals surface area (Å²) >= 11 is 0. The van der Waals surface area contributed by atoms with Crippen LogP contribution in [0.5, 0.6) is 0 Å². The van der Waals surface area contributed by atoms with Crippen LogP contribution in [0.4, 0.5) is 5.69 Å². The van der Waals surface area contributed by atoms with Gasteiger partial charge in [0, 0.05) is 25.5 Å². The van der Waals surface area contributed by atoms with Gasteiger partial charge in [-0.3, -0.25) is 9.67 Å². The molecule has 0 fully saturated rings. The highest BCUT2D eigenvalue weighted by atomic mass is 16.3. The molecule has 6 nitrogen and oxygen atoms in total.